The van der Waals surface area contributed by atoms with Gasteiger partial charge in [0.15, 0.2) is 0 Å². The van der Waals surface area contributed by atoms with Gasteiger partial charge in [0.05, 0.1) is 9.30 Å². The van der Waals surface area contributed by atoms with Crippen molar-refractivity contribution in [2.75, 3.05) is 0 Å². The first-order valence-corrected chi connectivity index (χ1v) is 2.86. The second kappa shape index (κ2) is 2.85. The molecule has 0 saturated carbocycles. The molecule has 9 heavy (non-hydrogen) atoms. The minimum atomic E-state index is -2.27. The summed E-state index contributed by atoms with van der Waals surface area (Å²) >= 11 is 5.56. The van der Waals surface area contributed by atoms with E-state index in [4.69, 9.17) is 19.4 Å². The number of halogens is 1. The lowest BCUT2D eigenvalue weighted by atomic mass is 10.2. The third kappa shape index (κ3) is 1.70. The van der Waals surface area contributed by atoms with E-state index in [1.807, 2.05) is 0 Å². The first kappa shape index (κ1) is 4.31. The molecule has 0 unspecified atom stereocenters. The molecule has 1 aromatic carbocycles. The van der Waals surface area contributed by atoms with Crippen LogP contribution in [0.2, 0.25) is 5.02 Å². The second-order valence-corrected chi connectivity index (χ2v) is 2.06. The van der Waals surface area contributed by atoms with E-state index in [0.29, 0.717) is 5.02 Å². The van der Waals surface area contributed by atoms with Gasteiger partial charge in [-0.05, 0) is 17.7 Å². The summed E-state index contributed by atoms with van der Waals surface area (Å²) < 4.78 is 13.8. The maximum atomic E-state index is 8.87. The van der Waals surface area contributed by atoms with Crippen LogP contribution in [0.5, 0.6) is 0 Å². The van der Waals surface area contributed by atoms with Crippen LogP contribution in [0, 0.1) is 0 Å². The minimum absolute atomic E-state index is 0.210. The van der Waals surface area contributed by atoms with E-state index in [-0.39, 0.29) is 5.56 Å². The molecule has 1 nitrogen and oxygen atoms in total. The first-order chi connectivity index (χ1) is 5.00. The smallest absolute Gasteiger partial charge is 0.0681 e. The highest BCUT2D eigenvalue weighted by atomic mass is 35.5. The van der Waals surface area contributed by atoms with E-state index in [0.717, 1.165) is 0 Å². The molecule has 1 aromatic rings. The standard InChI is InChI=1S/C7H7ClO/c8-7-3-1-6(5-9)2-4-7/h1-4,9H,5H2/i5D2. The quantitative estimate of drug-likeness (QED) is 0.638. The van der Waals surface area contributed by atoms with Crippen molar-refractivity contribution in [3.05, 3.63) is 34.9 Å². The van der Waals surface area contributed by atoms with Gasteiger partial charge >= 0.3 is 0 Å². The van der Waals surface area contributed by atoms with Crippen LogP contribution in [-0.4, -0.2) is 5.11 Å². The molecule has 0 atom stereocenters. The Hall–Kier alpha value is -0.530. The van der Waals surface area contributed by atoms with Crippen LogP contribution < -0.4 is 0 Å². The third-order valence-electron chi connectivity index (χ3n) is 0.973. The molecule has 0 heterocycles. The Bertz CT molecular complexity index is 240. The maximum Gasteiger partial charge on any atom is 0.0681 e. The van der Waals surface area contributed by atoms with E-state index in [9.17, 15) is 0 Å². The fraction of sp³-hybridized carbons (Fsp3) is 0.143. The molecular weight excluding hydrogens is 136 g/mol. The van der Waals surface area contributed by atoms with Crippen LogP contribution in [0.15, 0.2) is 24.3 Å². The zero-order valence-corrected chi connectivity index (χ0v) is 5.39. The van der Waals surface area contributed by atoms with E-state index in [1.165, 1.54) is 24.3 Å². The van der Waals surface area contributed by atoms with Crippen molar-refractivity contribution in [3.63, 3.8) is 0 Å². The Labute approximate surface area is 61.7 Å². The SMILES string of the molecule is [2H]C([2H])(O)c1ccc(Cl)cc1. The maximum absolute atomic E-state index is 8.87. The fourth-order valence-corrected chi connectivity index (χ4v) is 0.650. The summed E-state index contributed by atoms with van der Waals surface area (Å²) in [4.78, 5) is 0. The van der Waals surface area contributed by atoms with Crippen molar-refractivity contribution in [2.45, 2.75) is 6.56 Å². The normalized spacial score (nSPS) is 14.4. The minimum Gasteiger partial charge on any atom is -0.392 e. The van der Waals surface area contributed by atoms with Crippen LogP contribution >= 0.6 is 11.6 Å². The third-order valence-corrected chi connectivity index (χ3v) is 1.23. The number of hydrogen-bond donors (Lipinski definition) is 1. The van der Waals surface area contributed by atoms with Gasteiger partial charge in [-0.25, -0.2) is 0 Å². The Morgan fingerprint density at radius 3 is 2.44 bits per heavy atom. The molecule has 0 bridgehead atoms. The van der Waals surface area contributed by atoms with E-state index < -0.39 is 6.56 Å². The van der Waals surface area contributed by atoms with E-state index >= 15 is 0 Å². The zero-order chi connectivity index (χ0) is 8.48. The highest BCUT2D eigenvalue weighted by Gasteiger charge is 1.87. The molecule has 0 saturated heterocycles. The molecule has 0 aromatic heterocycles. The lowest BCUT2D eigenvalue weighted by Crippen LogP contribution is -1.79. The zero-order valence-electron chi connectivity index (χ0n) is 6.63. The summed E-state index contributed by atoms with van der Waals surface area (Å²) in [6, 6.07) is 5.96. The summed E-state index contributed by atoms with van der Waals surface area (Å²) in [6.07, 6.45) is 0. The van der Waals surface area contributed by atoms with Crippen molar-refractivity contribution < 1.29 is 7.85 Å². The Kier molecular flexibility index (Phi) is 1.37. The van der Waals surface area contributed by atoms with Gasteiger partial charge in [0.2, 0.25) is 0 Å². The van der Waals surface area contributed by atoms with E-state index in [1.54, 1.807) is 0 Å². The van der Waals surface area contributed by atoms with Crippen molar-refractivity contribution >= 4 is 11.6 Å². The second-order valence-electron chi connectivity index (χ2n) is 1.62. The fourth-order valence-electron chi connectivity index (χ4n) is 0.524. The average molecular weight is 145 g/mol. The molecule has 0 radical (unpaired) electrons. The van der Waals surface area contributed by atoms with Crippen LogP contribution in [-0.2, 0) is 6.56 Å². The van der Waals surface area contributed by atoms with Gasteiger partial charge in [-0.1, -0.05) is 23.7 Å². The van der Waals surface area contributed by atoms with Gasteiger partial charge in [-0.3, -0.25) is 0 Å². The van der Waals surface area contributed by atoms with Gasteiger partial charge in [-0.15, -0.1) is 0 Å². The summed E-state index contributed by atoms with van der Waals surface area (Å²) in [5.41, 5.74) is 0.210. The summed E-state index contributed by atoms with van der Waals surface area (Å²) in [6.45, 7) is -2.27. The van der Waals surface area contributed by atoms with Crippen molar-refractivity contribution in [1.29, 1.82) is 0 Å². The van der Waals surface area contributed by atoms with E-state index in [2.05, 4.69) is 0 Å². The van der Waals surface area contributed by atoms with Gasteiger partial charge in [0, 0.05) is 5.02 Å². The van der Waals surface area contributed by atoms with Crippen molar-refractivity contribution in [2.24, 2.45) is 0 Å². The molecule has 48 valence electrons. The van der Waals surface area contributed by atoms with Gasteiger partial charge in [-0.2, -0.15) is 0 Å². The Morgan fingerprint density at radius 2 is 2.00 bits per heavy atom. The van der Waals surface area contributed by atoms with Gasteiger partial charge in [0.1, 0.15) is 0 Å². The highest BCUT2D eigenvalue weighted by molar-refractivity contribution is 6.30. The number of rotatable bonds is 1. The molecule has 2 heteroatoms. The lowest BCUT2D eigenvalue weighted by Gasteiger charge is -1.92. The summed E-state index contributed by atoms with van der Waals surface area (Å²) in [5.74, 6) is 0. The monoisotopic (exact) mass is 144 g/mol. The van der Waals surface area contributed by atoms with Crippen molar-refractivity contribution in [3.8, 4) is 0 Å². The molecule has 0 spiro atoms. The lowest BCUT2D eigenvalue weighted by molar-refractivity contribution is 0.282. The number of aliphatic hydroxyl groups is 1. The molecule has 0 fully saturated rings. The topological polar surface area (TPSA) is 20.2 Å². The number of benzene rings is 1. The Balaban J connectivity index is 2.99. The first-order valence-electron chi connectivity index (χ1n) is 3.48. The summed E-state index contributed by atoms with van der Waals surface area (Å²) in [7, 11) is 0. The van der Waals surface area contributed by atoms with Crippen molar-refractivity contribution in [1.82, 2.24) is 0 Å². The molecular formula is C7H7ClO. The van der Waals surface area contributed by atoms with Gasteiger partial charge < -0.3 is 5.11 Å². The molecule has 0 aliphatic rings. The van der Waals surface area contributed by atoms with Crippen LogP contribution in [0.4, 0.5) is 0 Å². The van der Waals surface area contributed by atoms with Crippen LogP contribution in [0.1, 0.15) is 8.30 Å². The molecule has 0 aliphatic carbocycles. The predicted molar refractivity (Wildman–Crippen MR) is 37.4 cm³/mol. The summed E-state index contributed by atoms with van der Waals surface area (Å²) in [5, 5.41) is 9.40. The largest absolute Gasteiger partial charge is 0.392 e. The molecule has 1 N–H and O–H groups in total. The number of hydrogen-bond acceptors (Lipinski definition) is 1. The molecule has 1 rings (SSSR count). The van der Waals surface area contributed by atoms with Gasteiger partial charge in [0.25, 0.3) is 0 Å². The predicted octanol–water partition coefficient (Wildman–Crippen LogP) is 1.83. The van der Waals surface area contributed by atoms with Crippen LogP contribution in [0.25, 0.3) is 0 Å². The molecule has 0 aliphatic heterocycles. The molecule has 0 amide bonds. The Morgan fingerprint density at radius 1 is 1.44 bits per heavy atom. The average Bonchev–Trinajstić information content (AvgIpc) is 1.86. The highest BCUT2D eigenvalue weighted by Crippen LogP contribution is 2.08. The van der Waals surface area contributed by atoms with Crippen LogP contribution in [0.3, 0.4) is 0 Å².